The van der Waals surface area contributed by atoms with Gasteiger partial charge in [0.25, 0.3) is 5.91 Å². The number of carbonyl (C=O) groups is 1. The molecule has 0 unspecified atom stereocenters. The molecule has 112 valence electrons. The number of aryl methyl sites for hydroxylation is 2. The molecule has 0 radical (unpaired) electrons. The number of hydrogen-bond donors (Lipinski definition) is 1. The zero-order valence-corrected chi connectivity index (χ0v) is 14.0. The first-order valence-corrected chi connectivity index (χ1v) is 7.97. The van der Waals surface area contributed by atoms with Crippen LogP contribution in [0.5, 0.6) is 0 Å². The Morgan fingerprint density at radius 2 is 2.00 bits per heavy atom. The third-order valence-corrected chi connectivity index (χ3v) is 4.24. The minimum Gasteiger partial charge on any atom is -0.451 e. The summed E-state index contributed by atoms with van der Waals surface area (Å²) in [4.78, 5) is 12.5. The van der Waals surface area contributed by atoms with E-state index < -0.39 is 0 Å². The number of hydrogen-bond acceptors (Lipinski definition) is 2. The second-order valence-corrected chi connectivity index (χ2v) is 6.08. The Balaban J connectivity index is 1.97. The van der Waals surface area contributed by atoms with Crippen LogP contribution in [0.2, 0.25) is 0 Å². The van der Waals surface area contributed by atoms with E-state index >= 15 is 0 Å². The zero-order chi connectivity index (χ0) is 15.7. The van der Waals surface area contributed by atoms with Crippen molar-refractivity contribution in [1.29, 1.82) is 0 Å². The van der Waals surface area contributed by atoms with Crippen molar-refractivity contribution in [2.45, 2.75) is 20.3 Å². The number of halogens is 1. The third-order valence-electron chi connectivity index (χ3n) is 3.75. The molecule has 0 aliphatic heterocycles. The third kappa shape index (κ3) is 2.66. The van der Waals surface area contributed by atoms with Crippen molar-refractivity contribution in [1.82, 2.24) is 0 Å². The highest BCUT2D eigenvalue weighted by atomic mass is 79.9. The van der Waals surface area contributed by atoms with E-state index in [-0.39, 0.29) is 5.91 Å². The van der Waals surface area contributed by atoms with Crippen LogP contribution in [0.1, 0.15) is 28.6 Å². The van der Waals surface area contributed by atoms with Crippen LogP contribution in [-0.2, 0) is 6.42 Å². The van der Waals surface area contributed by atoms with Gasteiger partial charge < -0.3 is 9.73 Å². The smallest absolute Gasteiger partial charge is 0.291 e. The topological polar surface area (TPSA) is 42.2 Å². The molecule has 1 aromatic heterocycles. The van der Waals surface area contributed by atoms with Crippen LogP contribution in [0.25, 0.3) is 11.0 Å². The quantitative estimate of drug-likeness (QED) is 0.689. The van der Waals surface area contributed by atoms with Gasteiger partial charge in [-0.05, 0) is 43.2 Å². The first-order chi connectivity index (χ1) is 10.6. The first-order valence-electron chi connectivity index (χ1n) is 7.18. The molecule has 4 heteroatoms. The van der Waals surface area contributed by atoms with Crippen molar-refractivity contribution in [3.05, 3.63) is 63.8 Å². The number of carbonyl (C=O) groups excluding carboxylic acids is 1. The Bertz CT molecular complexity index is 851. The summed E-state index contributed by atoms with van der Waals surface area (Å²) in [6.07, 6.45) is 0.864. The van der Waals surface area contributed by atoms with Crippen LogP contribution in [0.3, 0.4) is 0 Å². The normalized spacial score (nSPS) is 10.9. The maximum Gasteiger partial charge on any atom is 0.291 e. The lowest BCUT2D eigenvalue weighted by Crippen LogP contribution is -2.13. The van der Waals surface area contributed by atoms with Crippen LogP contribution < -0.4 is 5.32 Å². The van der Waals surface area contributed by atoms with E-state index in [1.54, 1.807) is 0 Å². The molecular weight excluding hydrogens is 342 g/mol. The van der Waals surface area contributed by atoms with Gasteiger partial charge in [-0.15, -0.1) is 0 Å². The monoisotopic (exact) mass is 357 g/mol. The SMILES string of the molecule is CCc1ccccc1NC(=O)c1oc2ccc(Br)cc2c1C. The minimum atomic E-state index is -0.217. The van der Waals surface area contributed by atoms with E-state index in [9.17, 15) is 4.79 Å². The second-order valence-electron chi connectivity index (χ2n) is 5.16. The summed E-state index contributed by atoms with van der Waals surface area (Å²) in [5.74, 6) is 0.143. The van der Waals surface area contributed by atoms with Gasteiger partial charge in [0.1, 0.15) is 5.58 Å². The summed E-state index contributed by atoms with van der Waals surface area (Å²) in [6, 6.07) is 13.5. The highest BCUT2D eigenvalue weighted by Gasteiger charge is 2.18. The van der Waals surface area contributed by atoms with Crippen molar-refractivity contribution >= 4 is 38.5 Å². The molecule has 1 N–H and O–H groups in total. The number of amides is 1. The Morgan fingerprint density at radius 3 is 2.77 bits per heavy atom. The number of nitrogens with one attached hydrogen (secondary N) is 1. The summed E-state index contributed by atoms with van der Waals surface area (Å²) in [7, 11) is 0. The number of rotatable bonds is 3. The molecule has 0 saturated heterocycles. The first kappa shape index (κ1) is 14.9. The van der Waals surface area contributed by atoms with Crippen LogP contribution in [-0.4, -0.2) is 5.91 Å². The molecule has 1 heterocycles. The van der Waals surface area contributed by atoms with E-state index in [4.69, 9.17) is 4.42 Å². The predicted molar refractivity (Wildman–Crippen MR) is 92.4 cm³/mol. The van der Waals surface area contributed by atoms with Gasteiger partial charge in [-0.25, -0.2) is 0 Å². The number of benzene rings is 2. The van der Waals surface area contributed by atoms with Crippen molar-refractivity contribution < 1.29 is 9.21 Å². The Labute approximate surface area is 137 Å². The summed E-state index contributed by atoms with van der Waals surface area (Å²) >= 11 is 3.44. The fraction of sp³-hybridized carbons (Fsp3) is 0.167. The maximum absolute atomic E-state index is 12.5. The molecule has 0 fully saturated rings. The lowest BCUT2D eigenvalue weighted by molar-refractivity contribution is 0.0998. The van der Waals surface area contributed by atoms with Crippen molar-refractivity contribution in [2.75, 3.05) is 5.32 Å². The van der Waals surface area contributed by atoms with Crippen molar-refractivity contribution in [2.24, 2.45) is 0 Å². The molecule has 0 bridgehead atoms. The fourth-order valence-corrected chi connectivity index (χ4v) is 2.90. The molecule has 2 aromatic carbocycles. The molecule has 0 aliphatic carbocycles. The Morgan fingerprint density at radius 1 is 1.23 bits per heavy atom. The van der Waals surface area contributed by atoms with Crippen LogP contribution in [0.4, 0.5) is 5.69 Å². The van der Waals surface area contributed by atoms with Crippen molar-refractivity contribution in [3.8, 4) is 0 Å². The van der Waals surface area contributed by atoms with Gasteiger partial charge in [0.05, 0.1) is 0 Å². The summed E-state index contributed by atoms with van der Waals surface area (Å²) in [5.41, 5.74) is 3.50. The van der Waals surface area contributed by atoms with Crippen LogP contribution in [0, 0.1) is 6.92 Å². The molecule has 22 heavy (non-hydrogen) atoms. The predicted octanol–water partition coefficient (Wildman–Crippen LogP) is 5.32. The largest absolute Gasteiger partial charge is 0.451 e. The number of furan rings is 1. The molecule has 3 aromatic rings. The van der Waals surface area contributed by atoms with Crippen LogP contribution >= 0.6 is 15.9 Å². The zero-order valence-electron chi connectivity index (χ0n) is 12.4. The highest BCUT2D eigenvalue weighted by Crippen LogP contribution is 2.29. The number of anilines is 1. The fourth-order valence-electron chi connectivity index (χ4n) is 2.54. The van der Waals surface area contributed by atoms with E-state index in [0.717, 1.165) is 38.7 Å². The molecule has 3 nitrogen and oxygen atoms in total. The van der Waals surface area contributed by atoms with Gasteiger partial charge in [0.15, 0.2) is 5.76 Å². The average molecular weight is 358 g/mol. The molecule has 0 atom stereocenters. The molecular formula is C18H16BrNO2. The van der Waals surface area contributed by atoms with Crippen molar-refractivity contribution in [3.63, 3.8) is 0 Å². The molecule has 1 amide bonds. The van der Waals surface area contributed by atoms with Gasteiger partial charge in [-0.1, -0.05) is 41.1 Å². The van der Waals surface area contributed by atoms with E-state index in [2.05, 4.69) is 28.2 Å². The van der Waals surface area contributed by atoms with Gasteiger partial charge in [-0.2, -0.15) is 0 Å². The molecule has 0 spiro atoms. The van der Waals surface area contributed by atoms with Gasteiger partial charge in [0.2, 0.25) is 0 Å². The summed E-state index contributed by atoms with van der Waals surface area (Å²) in [5, 5.41) is 3.90. The van der Waals surface area contributed by atoms with E-state index in [1.165, 1.54) is 0 Å². The lowest BCUT2D eigenvalue weighted by Gasteiger charge is -2.08. The van der Waals surface area contributed by atoms with Gasteiger partial charge in [-0.3, -0.25) is 4.79 Å². The lowest BCUT2D eigenvalue weighted by atomic mass is 10.1. The number of para-hydroxylation sites is 1. The minimum absolute atomic E-state index is 0.217. The molecule has 3 rings (SSSR count). The Hall–Kier alpha value is -2.07. The van der Waals surface area contributed by atoms with E-state index in [0.29, 0.717) is 5.76 Å². The molecule has 0 saturated carbocycles. The second kappa shape index (κ2) is 5.97. The summed E-state index contributed by atoms with van der Waals surface area (Å²) < 4.78 is 6.69. The summed E-state index contributed by atoms with van der Waals surface area (Å²) in [6.45, 7) is 3.97. The van der Waals surface area contributed by atoms with Crippen LogP contribution in [0.15, 0.2) is 51.4 Å². The van der Waals surface area contributed by atoms with E-state index in [1.807, 2.05) is 49.4 Å². The van der Waals surface area contributed by atoms with Gasteiger partial charge >= 0.3 is 0 Å². The number of fused-ring (bicyclic) bond motifs is 1. The average Bonchev–Trinajstić information content (AvgIpc) is 2.85. The van der Waals surface area contributed by atoms with Gasteiger partial charge in [0, 0.05) is 21.1 Å². The maximum atomic E-state index is 12.5. The standard InChI is InChI=1S/C18H16BrNO2/c1-3-12-6-4-5-7-15(12)20-18(21)17-11(2)14-10-13(19)8-9-16(14)22-17/h4-10H,3H2,1-2H3,(H,20,21). The Kier molecular flexibility index (Phi) is 4.03. The highest BCUT2D eigenvalue weighted by molar-refractivity contribution is 9.10. The molecule has 0 aliphatic rings.